The number of amides is 2. The van der Waals surface area contributed by atoms with Crippen molar-refractivity contribution < 1.29 is 19.1 Å². The molecule has 2 rings (SSSR count). The number of methoxy groups -OCH3 is 1. The normalized spacial score (nSPS) is 13.8. The van der Waals surface area contributed by atoms with E-state index in [1.165, 1.54) is 7.11 Å². The van der Waals surface area contributed by atoms with Gasteiger partial charge in [0, 0.05) is 0 Å². The number of nitrogens with two attached hydrogens (primary N) is 2. The lowest BCUT2D eigenvalue weighted by Crippen LogP contribution is -2.59. The Morgan fingerprint density at radius 3 is 1.56 bits per heavy atom. The van der Waals surface area contributed by atoms with Gasteiger partial charge in [0.15, 0.2) is 0 Å². The summed E-state index contributed by atoms with van der Waals surface area (Å²) in [7, 11) is 1.23. The summed E-state index contributed by atoms with van der Waals surface area (Å²) in [6.45, 7) is 3.80. The van der Waals surface area contributed by atoms with Crippen molar-refractivity contribution in [3.8, 4) is 0 Å². The largest absolute Gasteiger partial charge is 0.467 e. The Labute approximate surface area is 189 Å². The van der Waals surface area contributed by atoms with Gasteiger partial charge < -0.3 is 16.2 Å². The highest BCUT2D eigenvalue weighted by Crippen LogP contribution is 2.18. The van der Waals surface area contributed by atoms with Crippen LogP contribution in [0.25, 0.3) is 0 Å². The number of carbonyl (C=O) groups is 3. The summed E-state index contributed by atoms with van der Waals surface area (Å²) in [6.07, 6.45) is 0.708. The molecule has 0 saturated heterocycles. The molecule has 172 valence electrons. The van der Waals surface area contributed by atoms with E-state index in [0.29, 0.717) is 0 Å². The fourth-order valence-electron chi connectivity index (χ4n) is 3.57. The molecule has 2 aromatic rings. The van der Waals surface area contributed by atoms with Gasteiger partial charge in [-0.25, -0.2) is 4.79 Å². The molecular weight excluding hydrogens is 406 g/mol. The summed E-state index contributed by atoms with van der Waals surface area (Å²) < 4.78 is 4.92. The summed E-state index contributed by atoms with van der Waals surface area (Å²) >= 11 is 0. The maximum Gasteiger partial charge on any atom is 0.329 e. The van der Waals surface area contributed by atoms with Crippen LogP contribution in [0.2, 0.25) is 0 Å². The molecule has 0 saturated carbocycles. The minimum absolute atomic E-state index is 0.0258. The zero-order valence-corrected chi connectivity index (χ0v) is 18.9. The second-order valence-corrected chi connectivity index (χ2v) is 8.31. The maximum atomic E-state index is 13.4. The van der Waals surface area contributed by atoms with E-state index in [1.807, 2.05) is 74.5 Å². The second-order valence-electron chi connectivity index (χ2n) is 8.31. The van der Waals surface area contributed by atoms with Crippen molar-refractivity contribution in [2.45, 2.75) is 51.2 Å². The third kappa shape index (κ3) is 7.00. The van der Waals surface area contributed by atoms with Crippen LogP contribution in [0.5, 0.6) is 0 Å². The Morgan fingerprint density at radius 2 is 1.22 bits per heavy atom. The van der Waals surface area contributed by atoms with Crippen LogP contribution in [0.4, 0.5) is 0 Å². The predicted octanol–water partition coefficient (Wildman–Crippen LogP) is 2.07. The van der Waals surface area contributed by atoms with Crippen LogP contribution in [0.1, 0.15) is 31.4 Å². The number of hydrogen-bond acceptors (Lipinski definition) is 6. The third-order valence-electron chi connectivity index (χ3n) is 5.19. The monoisotopic (exact) mass is 439 g/mol. The van der Waals surface area contributed by atoms with Crippen LogP contribution in [-0.4, -0.2) is 47.9 Å². The molecule has 7 nitrogen and oxygen atoms in total. The highest BCUT2D eigenvalue weighted by atomic mass is 16.5. The van der Waals surface area contributed by atoms with E-state index in [-0.39, 0.29) is 25.2 Å². The molecule has 0 spiro atoms. The van der Waals surface area contributed by atoms with Crippen LogP contribution in [-0.2, 0) is 32.0 Å². The smallest absolute Gasteiger partial charge is 0.329 e. The van der Waals surface area contributed by atoms with E-state index in [0.717, 1.165) is 16.0 Å². The zero-order valence-electron chi connectivity index (χ0n) is 18.9. The first-order valence-corrected chi connectivity index (χ1v) is 10.8. The lowest BCUT2D eigenvalue weighted by molar-refractivity contribution is -0.161. The first-order valence-electron chi connectivity index (χ1n) is 10.8. The van der Waals surface area contributed by atoms with E-state index >= 15 is 0 Å². The van der Waals surface area contributed by atoms with Crippen molar-refractivity contribution in [3.63, 3.8) is 0 Å². The molecule has 0 radical (unpaired) electrons. The number of nitrogens with zero attached hydrogens (tertiary/aromatic N) is 1. The lowest BCUT2D eigenvalue weighted by atomic mass is 9.98. The number of carbonyl (C=O) groups excluding carboxylic acids is 3. The van der Waals surface area contributed by atoms with Gasteiger partial charge in [0.1, 0.15) is 6.04 Å². The average molecular weight is 440 g/mol. The third-order valence-corrected chi connectivity index (χ3v) is 5.19. The van der Waals surface area contributed by atoms with Crippen LogP contribution in [0.3, 0.4) is 0 Å². The number of rotatable bonds is 10. The fraction of sp³-hybridized carbons (Fsp3) is 0.400. The highest BCUT2D eigenvalue weighted by Gasteiger charge is 2.40. The molecule has 0 heterocycles. The summed E-state index contributed by atoms with van der Waals surface area (Å²) in [6, 6.07) is 15.4. The Bertz CT molecular complexity index is 827. The van der Waals surface area contributed by atoms with E-state index in [4.69, 9.17) is 16.2 Å². The summed E-state index contributed by atoms with van der Waals surface area (Å²) in [5.74, 6) is -1.92. The zero-order chi connectivity index (χ0) is 23.7. The lowest BCUT2D eigenvalue weighted by Gasteiger charge is -2.33. The number of hydrogen-bond donors (Lipinski definition) is 2. The average Bonchev–Trinajstić information content (AvgIpc) is 2.78. The number of esters is 1. The van der Waals surface area contributed by atoms with Gasteiger partial charge in [-0.3, -0.25) is 14.5 Å². The van der Waals surface area contributed by atoms with Crippen molar-refractivity contribution in [2.24, 2.45) is 17.4 Å². The minimum atomic E-state index is -1.09. The van der Waals surface area contributed by atoms with E-state index in [1.54, 1.807) is 0 Å². The van der Waals surface area contributed by atoms with Gasteiger partial charge in [0.25, 0.3) is 0 Å². The molecule has 0 aliphatic carbocycles. The first-order chi connectivity index (χ1) is 15.2. The molecule has 3 atom stereocenters. The van der Waals surface area contributed by atoms with Gasteiger partial charge >= 0.3 is 5.97 Å². The maximum absolute atomic E-state index is 13.4. The van der Waals surface area contributed by atoms with Crippen LogP contribution in [0.15, 0.2) is 60.7 Å². The van der Waals surface area contributed by atoms with E-state index in [2.05, 4.69) is 0 Å². The molecule has 2 amide bonds. The molecule has 0 bridgehead atoms. The van der Waals surface area contributed by atoms with Gasteiger partial charge in [-0.05, 0) is 36.3 Å². The molecule has 0 aliphatic heterocycles. The fourth-order valence-corrected chi connectivity index (χ4v) is 3.57. The summed E-state index contributed by atoms with van der Waals surface area (Å²) in [5, 5.41) is 0. The number of ether oxygens (including phenoxy) is 1. The Morgan fingerprint density at radius 1 is 0.812 bits per heavy atom. The first kappa shape index (κ1) is 25.2. The molecule has 0 unspecified atom stereocenters. The number of benzene rings is 2. The van der Waals surface area contributed by atoms with Gasteiger partial charge in [0.05, 0.1) is 19.2 Å². The number of imide groups is 1. The highest BCUT2D eigenvalue weighted by molar-refractivity contribution is 6.03. The van der Waals surface area contributed by atoms with Gasteiger partial charge in [-0.15, -0.1) is 0 Å². The van der Waals surface area contributed by atoms with Crippen LogP contribution in [0, 0.1) is 5.92 Å². The van der Waals surface area contributed by atoms with Gasteiger partial charge in [-0.2, -0.15) is 0 Å². The van der Waals surface area contributed by atoms with E-state index in [9.17, 15) is 14.4 Å². The SMILES string of the molecule is COC(=O)[C@H](CC(C)C)N(C(=O)[C@@H](N)Cc1ccccc1)C(=O)[C@@H](N)Cc1ccccc1. The molecule has 7 heteroatoms. The van der Waals surface area contributed by atoms with Crippen molar-refractivity contribution in [2.75, 3.05) is 7.11 Å². The Balaban J connectivity index is 2.34. The van der Waals surface area contributed by atoms with Crippen molar-refractivity contribution in [1.82, 2.24) is 4.90 Å². The summed E-state index contributed by atoms with van der Waals surface area (Å²) in [5.41, 5.74) is 14.1. The quantitative estimate of drug-likeness (QED) is 0.548. The molecular formula is C25H33N3O4. The topological polar surface area (TPSA) is 116 Å². The predicted molar refractivity (Wildman–Crippen MR) is 123 cm³/mol. The van der Waals surface area contributed by atoms with Crippen molar-refractivity contribution >= 4 is 17.8 Å². The molecule has 2 aromatic carbocycles. The van der Waals surface area contributed by atoms with Crippen molar-refractivity contribution in [1.29, 1.82) is 0 Å². The second kappa shape index (κ2) is 12.1. The Kier molecular flexibility index (Phi) is 9.56. The van der Waals surface area contributed by atoms with Crippen LogP contribution >= 0.6 is 0 Å². The van der Waals surface area contributed by atoms with Gasteiger partial charge in [0.2, 0.25) is 11.8 Å². The van der Waals surface area contributed by atoms with Crippen molar-refractivity contribution in [3.05, 3.63) is 71.8 Å². The van der Waals surface area contributed by atoms with Gasteiger partial charge in [-0.1, -0.05) is 74.5 Å². The Hall–Kier alpha value is -3.03. The molecule has 0 aromatic heterocycles. The standard InChI is InChI=1S/C25H33N3O4/c1-17(2)14-22(25(31)32-3)28(23(29)20(26)15-18-10-6-4-7-11-18)24(30)21(27)16-19-12-8-5-9-13-19/h4-13,17,20-22H,14-16,26-27H2,1-3H3/t20-,21-,22-/m0/s1. The molecule has 0 aliphatic rings. The molecule has 0 fully saturated rings. The minimum Gasteiger partial charge on any atom is -0.467 e. The van der Waals surface area contributed by atoms with Crippen LogP contribution < -0.4 is 11.5 Å². The van der Waals surface area contributed by atoms with E-state index < -0.39 is 35.9 Å². The molecule has 32 heavy (non-hydrogen) atoms. The molecule has 4 N–H and O–H groups in total. The summed E-state index contributed by atoms with van der Waals surface area (Å²) in [4.78, 5) is 40.4.